The number of hydrogen-bond acceptors (Lipinski definition) is 2. The Morgan fingerprint density at radius 3 is 2.08 bits per heavy atom. The van der Waals surface area contributed by atoms with Crippen LogP contribution in [0.25, 0.3) is 0 Å². The molecule has 0 saturated heterocycles. The van der Waals surface area contributed by atoms with Gasteiger partial charge in [-0.05, 0) is 42.8 Å². The summed E-state index contributed by atoms with van der Waals surface area (Å²) in [6.07, 6.45) is 11.1. The van der Waals surface area contributed by atoms with Gasteiger partial charge in [0.25, 0.3) is 0 Å². The summed E-state index contributed by atoms with van der Waals surface area (Å²) < 4.78 is 6.89. The molecule has 1 unspecified atom stereocenters. The lowest BCUT2D eigenvalue weighted by atomic mass is 9.80. The van der Waals surface area contributed by atoms with Crippen LogP contribution in [0, 0.1) is 11.8 Å². The predicted molar refractivity (Wildman–Crippen MR) is 116 cm³/mol. The Labute approximate surface area is 171 Å². The van der Waals surface area contributed by atoms with Crippen LogP contribution in [-0.2, 0) is 4.43 Å². The average Bonchev–Trinajstić information content (AvgIpc) is 2.65. The second-order valence-electron chi connectivity index (χ2n) is 8.07. The first-order valence-electron chi connectivity index (χ1n) is 10.4. The summed E-state index contributed by atoms with van der Waals surface area (Å²) in [5, 5.41) is 1.29. The van der Waals surface area contributed by atoms with Gasteiger partial charge in [-0.15, -0.1) is 0 Å². The molecule has 5 heteroatoms. The van der Waals surface area contributed by atoms with Gasteiger partial charge >= 0.3 is 0 Å². The maximum atomic E-state index is 6.89. The first kappa shape index (κ1) is 22.2. The Hall–Kier alpha value is -0.0931. The number of halogens is 2. The molecule has 0 bridgehead atoms. The largest absolute Gasteiger partial charge is 0.410 e. The SMILES string of the molecule is CC[Si](CC)(CC)OC(CCC1CCC(C)CC1)c1c(Cl)cncc1Cl. The summed E-state index contributed by atoms with van der Waals surface area (Å²) in [6.45, 7) is 9.19. The molecule has 1 aliphatic carbocycles. The zero-order valence-electron chi connectivity index (χ0n) is 16.9. The molecule has 1 heterocycles. The van der Waals surface area contributed by atoms with E-state index in [0.29, 0.717) is 10.0 Å². The summed E-state index contributed by atoms with van der Waals surface area (Å²) in [7, 11) is -1.74. The van der Waals surface area contributed by atoms with E-state index >= 15 is 0 Å². The zero-order valence-corrected chi connectivity index (χ0v) is 19.4. The molecule has 1 aromatic heterocycles. The van der Waals surface area contributed by atoms with Gasteiger partial charge in [-0.3, -0.25) is 4.98 Å². The minimum Gasteiger partial charge on any atom is -0.410 e. The van der Waals surface area contributed by atoms with Crippen LogP contribution in [-0.4, -0.2) is 13.3 Å². The standard InChI is InChI=1S/C21H35Cl2NOSi/c1-5-26(6-2,7-3)25-20(21-18(22)14-24-15-19(21)23)13-12-17-10-8-16(4)9-11-17/h14-17,20H,5-13H2,1-4H3. The molecule has 1 atom stereocenters. The highest BCUT2D eigenvalue weighted by Crippen LogP contribution is 2.41. The van der Waals surface area contributed by atoms with Crippen LogP contribution in [0.5, 0.6) is 0 Å². The van der Waals surface area contributed by atoms with Crippen molar-refractivity contribution in [2.24, 2.45) is 11.8 Å². The van der Waals surface area contributed by atoms with Crippen LogP contribution in [0.1, 0.15) is 77.9 Å². The normalized spacial score (nSPS) is 22.4. The number of rotatable bonds is 9. The van der Waals surface area contributed by atoms with Crippen molar-refractivity contribution in [3.05, 3.63) is 28.0 Å². The van der Waals surface area contributed by atoms with E-state index in [0.717, 1.165) is 42.0 Å². The maximum Gasteiger partial charge on any atom is 0.192 e. The van der Waals surface area contributed by atoms with E-state index in [4.69, 9.17) is 27.6 Å². The smallest absolute Gasteiger partial charge is 0.192 e. The van der Waals surface area contributed by atoms with Gasteiger partial charge in [-0.25, -0.2) is 0 Å². The fourth-order valence-corrected chi connectivity index (χ4v) is 7.75. The second-order valence-corrected chi connectivity index (χ2v) is 13.6. The molecule has 0 aromatic carbocycles. The minimum absolute atomic E-state index is 0.00358. The molecule has 0 spiro atoms. The zero-order chi connectivity index (χ0) is 19.2. The molecule has 2 rings (SSSR count). The second kappa shape index (κ2) is 10.5. The summed E-state index contributed by atoms with van der Waals surface area (Å²) in [5.74, 6) is 1.71. The minimum atomic E-state index is -1.74. The van der Waals surface area contributed by atoms with Crippen molar-refractivity contribution in [3.8, 4) is 0 Å². The third kappa shape index (κ3) is 5.70. The van der Waals surface area contributed by atoms with Crippen LogP contribution in [0.2, 0.25) is 28.2 Å². The molecule has 26 heavy (non-hydrogen) atoms. The van der Waals surface area contributed by atoms with Crippen LogP contribution < -0.4 is 0 Å². The molecule has 0 aliphatic heterocycles. The fraction of sp³-hybridized carbons (Fsp3) is 0.762. The monoisotopic (exact) mass is 415 g/mol. The van der Waals surface area contributed by atoms with Gasteiger partial charge in [0.15, 0.2) is 8.32 Å². The maximum absolute atomic E-state index is 6.89. The van der Waals surface area contributed by atoms with E-state index in [9.17, 15) is 0 Å². The molecular formula is C21H35Cl2NOSi. The van der Waals surface area contributed by atoms with Gasteiger partial charge in [0.2, 0.25) is 0 Å². The van der Waals surface area contributed by atoms with E-state index in [1.54, 1.807) is 12.4 Å². The molecule has 1 aliphatic rings. The molecule has 2 nitrogen and oxygen atoms in total. The van der Waals surface area contributed by atoms with E-state index in [1.807, 2.05) is 0 Å². The third-order valence-corrected chi connectivity index (χ3v) is 11.8. The van der Waals surface area contributed by atoms with E-state index in [2.05, 4.69) is 32.7 Å². The van der Waals surface area contributed by atoms with Crippen LogP contribution in [0.15, 0.2) is 12.4 Å². The molecule has 1 aromatic rings. The van der Waals surface area contributed by atoms with E-state index in [1.165, 1.54) is 32.1 Å². The van der Waals surface area contributed by atoms with Crippen molar-refractivity contribution in [2.75, 3.05) is 0 Å². The van der Waals surface area contributed by atoms with Crippen molar-refractivity contribution in [3.63, 3.8) is 0 Å². The topological polar surface area (TPSA) is 22.1 Å². The number of pyridine rings is 1. The highest BCUT2D eigenvalue weighted by molar-refractivity contribution is 6.73. The van der Waals surface area contributed by atoms with Gasteiger partial charge in [0.05, 0.1) is 16.1 Å². The molecular weight excluding hydrogens is 381 g/mol. The lowest BCUT2D eigenvalue weighted by Gasteiger charge is -2.35. The van der Waals surface area contributed by atoms with Crippen molar-refractivity contribution >= 4 is 31.5 Å². The lowest BCUT2D eigenvalue weighted by molar-refractivity contribution is 0.158. The van der Waals surface area contributed by atoms with Crippen LogP contribution >= 0.6 is 23.2 Å². The molecule has 0 N–H and O–H groups in total. The Morgan fingerprint density at radius 1 is 1.04 bits per heavy atom. The number of aromatic nitrogens is 1. The first-order chi connectivity index (χ1) is 12.4. The van der Waals surface area contributed by atoms with Crippen molar-refractivity contribution in [1.82, 2.24) is 4.98 Å². The molecule has 1 saturated carbocycles. The van der Waals surface area contributed by atoms with Gasteiger partial charge in [0, 0.05) is 18.0 Å². The molecule has 0 radical (unpaired) electrons. The Balaban J connectivity index is 2.18. The molecule has 148 valence electrons. The summed E-state index contributed by atoms with van der Waals surface area (Å²) in [4.78, 5) is 4.13. The van der Waals surface area contributed by atoms with Gasteiger partial charge < -0.3 is 4.43 Å². The number of nitrogens with zero attached hydrogens (tertiary/aromatic N) is 1. The summed E-state index contributed by atoms with van der Waals surface area (Å²) in [6, 6.07) is 3.41. The molecule has 0 amide bonds. The summed E-state index contributed by atoms with van der Waals surface area (Å²) in [5.41, 5.74) is 0.958. The first-order valence-corrected chi connectivity index (χ1v) is 13.7. The Morgan fingerprint density at radius 2 is 1.58 bits per heavy atom. The highest BCUT2D eigenvalue weighted by Gasteiger charge is 2.34. The van der Waals surface area contributed by atoms with Crippen molar-refractivity contribution in [2.45, 2.75) is 90.5 Å². The van der Waals surface area contributed by atoms with Crippen molar-refractivity contribution < 1.29 is 4.43 Å². The quantitative estimate of drug-likeness (QED) is 0.380. The van der Waals surface area contributed by atoms with Gasteiger partial charge in [-0.1, -0.05) is 76.6 Å². The highest BCUT2D eigenvalue weighted by atomic mass is 35.5. The van der Waals surface area contributed by atoms with E-state index in [-0.39, 0.29) is 6.10 Å². The van der Waals surface area contributed by atoms with Crippen LogP contribution in [0.3, 0.4) is 0 Å². The average molecular weight is 417 g/mol. The predicted octanol–water partition coefficient (Wildman–Crippen LogP) is 8.06. The molecule has 1 fully saturated rings. The van der Waals surface area contributed by atoms with E-state index < -0.39 is 8.32 Å². The Kier molecular flexibility index (Phi) is 8.92. The number of hydrogen-bond donors (Lipinski definition) is 0. The van der Waals surface area contributed by atoms with Gasteiger partial charge in [-0.2, -0.15) is 0 Å². The third-order valence-electron chi connectivity index (χ3n) is 6.51. The van der Waals surface area contributed by atoms with Crippen LogP contribution in [0.4, 0.5) is 0 Å². The lowest BCUT2D eigenvalue weighted by Crippen LogP contribution is -2.37. The van der Waals surface area contributed by atoms with Gasteiger partial charge in [0.1, 0.15) is 0 Å². The fourth-order valence-electron chi connectivity index (χ4n) is 4.30. The van der Waals surface area contributed by atoms with Crippen molar-refractivity contribution in [1.29, 1.82) is 0 Å². The Bertz CT molecular complexity index is 528. The summed E-state index contributed by atoms with van der Waals surface area (Å²) >= 11 is 13.0.